The van der Waals surface area contributed by atoms with Crippen LogP contribution in [0.2, 0.25) is 0 Å². The van der Waals surface area contributed by atoms with Crippen molar-refractivity contribution in [1.29, 1.82) is 0 Å². The largest absolute Gasteiger partial charge is 0.416 e. The molecule has 1 aromatic carbocycles. The molecule has 0 spiro atoms. The van der Waals surface area contributed by atoms with Gasteiger partial charge < -0.3 is 14.4 Å². The van der Waals surface area contributed by atoms with Gasteiger partial charge in [0.2, 0.25) is 0 Å². The molecule has 2 aliphatic heterocycles. The molecule has 210 valence electrons. The van der Waals surface area contributed by atoms with Crippen molar-refractivity contribution in [2.24, 2.45) is 0 Å². The number of thiazole rings is 1. The van der Waals surface area contributed by atoms with Crippen LogP contribution in [0.4, 0.5) is 22.7 Å². The summed E-state index contributed by atoms with van der Waals surface area (Å²) in [6.07, 6.45) is 2.57. The third-order valence-electron chi connectivity index (χ3n) is 7.66. The maximum Gasteiger partial charge on any atom is 0.416 e. The summed E-state index contributed by atoms with van der Waals surface area (Å²) in [5.74, 6) is -0.597. The molecule has 8 nitrogen and oxygen atoms in total. The van der Waals surface area contributed by atoms with Gasteiger partial charge in [0.05, 0.1) is 42.8 Å². The number of hydrogen-bond acceptors (Lipinski definition) is 8. The highest BCUT2D eigenvalue weighted by molar-refractivity contribution is 7.22. The summed E-state index contributed by atoms with van der Waals surface area (Å²) < 4.78 is 69.1. The molecular weight excluding hydrogens is 548 g/mol. The first-order valence-electron chi connectivity index (χ1n) is 13.4. The molecule has 40 heavy (non-hydrogen) atoms. The van der Waals surface area contributed by atoms with E-state index in [0.29, 0.717) is 79.2 Å². The van der Waals surface area contributed by atoms with Gasteiger partial charge >= 0.3 is 6.18 Å². The summed E-state index contributed by atoms with van der Waals surface area (Å²) in [5, 5.41) is 5.19. The Morgan fingerprint density at radius 1 is 1.00 bits per heavy atom. The Balaban J connectivity index is 1.28. The molecule has 13 heteroatoms. The molecule has 3 fully saturated rings. The average molecular weight is 575 g/mol. The zero-order valence-corrected chi connectivity index (χ0v) is 22.2. The third-order valence-corrected chi connectivity index (χ3v) is 8.77. The van der Waals surface area contributed by atoms with E-state index in [0.717, 1.165) is 30.5 Å². The van der Waals surface area contributed by atoms with Gasteiger partial charge in [-0.25, -0.2) is 14.4 Å². The fourth-order valence-corrected chi connectivity index (χ4v) is 6.35. The molecule has 1 saturated carbocycles. The minimum absolute atomic E-state index is 0.00635. The van der Waals surface area contributed by atoms with Crippen molar-refractivity contribution in [2.45, 2.75) is 49.9 Å². The highest BCUT2D eigenvalue weighted by Gasteiger charge is 2.33. The number of hydrogen-bond donors (Lipinski definition) is 0. The van der Waals surface area contributed by atoms with E-state index in [2.05, 4.69) is 10.00 Å². The van der Waals surface area contributed by atoms with Crippen LogP contribution in [0.5, 0.6) is 0 Å². The molecule has 3 aromatic heterocycles. The number of nitrogens with zero attached hydrogens (tertiary/aromatic N) is 6. The zero-order valence-electron chi connectivity index (χ0n) is 21.4. The summed E-state index contributed by atoms with van der Waals surface area (Å²) in [5.41, 5.74) is 0.614. The van der Waals surface area contributed by atoms with E-state index >= 15 is 4.39 Å². The summed E-state index contributed by atoms with van der Waals surface area (Å²) >= 11 is 1.32. The van der Waals surface area contributed by atoms with Crippen LogP contribution in [-0.2, 0) is 15.7 Å². The molecule has 1 aliphatic carbocycles. The number of anilines is 1. The minimum Gasteiger partial charge on any atom is -0.378 e. The van der Waals surface area contributed by atoms with E-state index in [1.165, 1.54) is 11.3 Å². The molecule has 0 amide bonds. The van der Waals surface area contributed by atoms with Crippen molar-refractivity contribution in [1.82, 2.24) is 24.7 Å². The lowest BCUT2D eigenvalue weighted by Gasteiger charge is -2.28. The molecule has 2 unspecified atom stereocenters. The molecule has 2 atom stereocenters. The normalized spacial score (nSPS) is 22.2. The Morgan fingerprint density at radius 2 is 1.82 bits per heavy atom. The number of rotatable bonds is 5. The average Bonchev–Trinajstić information content (AvgIpc) is 3.52. The first kappa shape index (κ1) is 25.8. The predicted octanol–water partition coefficient (Wildman–Crippen LogP) is 5.91. The second-order valence-corrected chi connectivity index (χ2v) is 11.4. The number of fused-ring (bicyclic) bond motifs is 1. The van der Waals surface area contributed by atoms with Gasteiger partial charge in [-0.1, -0.05) is 11.3 Å². The molecule has 0 bridgehead atoms. The molecule has 0 radical (unpaired) electrons. The Kier molecular flexibility index (Phi) is 6.47. The maximum atomic E-state index is 15.3. The Hall–Kier alpha value is -3.16. The van der Waals surface area contributed by atoms with Crippen LogP contribution >= 0.6 is 11.3 Å². The third kappa shape index (κ3) is 4.94. The van der Waals surface area contributed by atoms with Crippen molar-refractivity contribution >= 4 is 26.8 Å². The number of ether oxygens (including phenoxy) is 2. The summed E-state index contributed by atoms with van der Waals surface area (Å²) in [6, 6.07) is 3.02. The van der Waals surface area contributed by atoms with Crippen LogP contribution in [-0.4, -0.2) is 57.6 Å². The highest BCUT2D eigenvalue weighted by Crippen LogP contribution is 2.42. The summed E-state index contributed by atoms with van der Waals surface area (Å²) in [7, 11) is 0. The van der Waals surface area contributed by atoms with Crippen LogP contribution in [0.15, 0.2) is 30.6 Å². The second kappa shape index (κ2) is 10.0. The van der Waals surface area contributed by atoms with Gasteiger partial charge in [0, 0.05) is 42.9 Å². The molecule has 0 N–H and O–H groups in total. The molecular formula is C27H26F4N6O2S. The molecule has 4 aromatic rings. The standard InChI is InChI=1S/C27H26F4N6O2S/c28-20-12-17(27(29,30)31)1-4-19(20)22-23-25(35-26(40-23)36-6-9-38-10-7-36)34-24(33-22)15-5-8-39-21(11-15)16-13-32-37(14-16)18-2-3-18/h1,4,12-15,18,21H,2-3,5-11H2. The Bertz CT molecular complexity index is 1550. The Labute approximate surface area is 231 Å². The molecule has 2 saturated heterocycles. The first-order valence-corrected chi connectivity index (χ1v) is 14.2. The van der Waals surface area contributed by atoms with Gasteiger partial charge in [-0.05, 0) is 43.9 Å². The first-order chi connectivity index (χ1) is 19.3. The number of alkyl halides is 3. The van der Waals surface area contributed by atoms with Gasteiger partial charge in [0.1, 0.15) is 16.3 Å². The molecule has 7 rings (SSSR count). The smallest absolute Gasteiger partial charge is 0.378 e. The zero-order chi connectivity index (χ0) is 27.4. The van der Waals surface area contributed by atoms with E-state index in [1.807, 2.05) is 17.1 Å². The molecule has 5 heterocycles. The SMILES string of the molecule is Fc1cc(C(F)(F)F)ccc1-c1nc(C2CCOC(c3cnn(C4CC4)c3)C2)nc2nc(N3CCOCC3)sc12. The summed E-state index contributed by atoms with van der Waals surface area (Å²) in [6.45, 7) is 2.92. The van der Waals surface area contributed by atoms with E-state index in [4.69, 9.17) is 24.4 Å². The number of morpholine rings is 1. The molecule has 3 aliphatic rings. The number of halogens is 4. The number of aromatic nitrogens is 5. The van der Waals surface area contributed by atoms with Crippen molar-refractivity contribution < 1.29 is 27.0 Å². The summed E-state index contributed by atoms with van der Waals surface area (Å²) in [4.78, 5) is 16.4. The van der Waals surface area contributed by atoms with Crippen molar-refractivity contribution in [2.75, 3.05) is 37.8 Å². The highest BCUT2D eigenvalue weighted by atomic mass is 32.1. The van der Waals surface area contributed by atoms with Crippen molar-refractivity contribution in [3.8, 4) is 11.3 Å². The van der Waals surface area contributed by atoms with Gasteiger partial charge in [-0.15, -0.1) is 0 Å². The topological polar surface area (TPSA) is 78.2 Å². The van der Waals surface area contributed by atoms with E-state index in [1.54, 1.807) is 0 Å². The fourth-order valence-electron chi connectivity index (χ4n) is 5.29. The van der Waals surface area contributed by atoms with E-state index < -0.39 is 17.6 Å². The van der Waals surface area contributed by atoms with Gasteiger partial charge in [-0.3, -0.25) is 4.68 Å². The van der Waals surface area contributed by atoms with E-state index in [-0.39, 0.29) is 23.3 Å². The van der Waals surface area contributed by atoms with Crippen LogP contribution < -0.4 is 4.90 Å². The van der Waals surface area contributed by atoms with Crippen LogP contribution in [0, 0.1) is 5.82 Å². The minimum atomic E-state index is -4.65. The Morgan fingerprint density at radius 3 is 2.58 bits per heavy atom. The fraction of sp³-hybridized carbons (Fsp3) is 0.481. The quantitative estimate of drug-likeness (QED) is 0.274. The predicted molar refractivity (Wildman–Crippen MR) is 140 cm³/mol. The van der Waals surface area contributed by atoms with Gasteiger partial charge in [-0.2, -0.15) is 23.3 Å². The lowest BCUT2D eigenvalue weighted by Crippen LogP contribution is -2.36. The van der Waals surface area contributed by atoms with Crippen molar-refractivity contribution in [3.63, 3.8) is 0 Å². The van der Waals surface area contributed by atoms with Gasteiger partial charge in [0.15, 0.2) is 10.8 Å². The number of benzene rings is 1. The van der Waals surface area contributed by atoms with Crippen LogP contribution in [0.25, 0.3) is 21.6 Å². The van der Waals surface area contributed by atoms with Crippen LogP contribution in [0.1, 0.15) is 60.7 Å². The maximum absolute atomic E-state index is 15.3. The second-order valence-electron chi connectivity index (χ2n) is 10.4. The van der Waals surface area contributed by atoms with Gasteiger partial charge in [0.25, 0.3) is 0 Å². The monoisotopic (exact) mass is 574 g/mol. The lowest BCUT2D eigenvalue weighted by molar-refractivity contribution is -0.137. The van der Waals surface area contributed by atoms with Crippen LogP contribution in [0.3, 0.4) is 0 Å². The lowest BCUT2D eigenvalue weighted by atomic mass is 9.92. The van der Waals surface area contributed by atoms with E-state index in [9.17, 15) is 13.2 Å². The van der Waals surface area contributed by atoms with Crippen molar-refractivity contribution in [3.05, 3.63) is 53.4 Å².